The molecule has 0 atom stereocenters. The quantitative estimate of drug-likeness (QED) is 0.600. The Morgan fingerprint density at radius 2 is 1.77 bits per heavy atom. The zero-order valence-electron chi connectivity index (χ0n) is 18.2. The Bertz CT molecular complexity index is 1020. The van der Waals surface area contributed by atoms with E-state index in [0.29, 0.717) is 6.04 Å². The first-order valence-electron chi connectivity index (χ1n) is 10.9. The second kappa shape index (κ2) is 8.90. The number of aryl methyl sites for hydroxylation is 2. The summed E-state index contributed by atoms with van der Waals surface area (Å²) >= 11 is 0. The number of piperidine rings is 1. The molecule has 1 amide bonds. The molecule has 0 unspecified atom stereocenters. The lowest BCUT2D eigenvalue weighted by atomic mass is 10.0. The van der Waals surface area contributed by atoms with Crippen LogP contribution in [0.2, 0.25) is 0 Å². The molecule has 1 aliphatic heterocycles. The fraction of sp³-hybridized carbons (Fsp3) is 0.440. The highest BCUT2D eigenvalue weighted by molar-refractivity contribution is 5.78. The monoisotopic (exact) mass is 405 g/mol. The van der Waals surface area contributed by atoms with Gasteiger partial charge in [0.15, 0.2) is 0 Å². The van der Waals surface area contributed by atoms with Gasteiger partial charge in [0.1, 0.15) is 11.6 Å². The van der Waals surface area contributed by atoms with Gasteiger partial charge in [-0.1, -0.05) is 44.2 Å². The number of ether oxygens (including phenoxy) is 1. The molecule has 2 aromatic carbocycles. The average Bonchev–Trinajstić information content (AvgIpc) is 3.15. The van der Waals surface area contributed by atoms with E-state index in [-0.39, 0.29) is 11.8 Å². The van der Waals surface area contributed by atoms with Gasteiger partial charge in [-0.2, -0.15) is 0 Å². The first kappa shape index (κ1) is 20.5. The van der Waals surface area contributed by atoms with Crippen molar-refractivity contribution in [3.8, 4) is 5.75 Å². The minimum absolute atomic E-state index is 0.0621. The van der Waals surface area contributed by atoms with Gasteiger partial charge in [0.2, 0.25) is 5.91 Å². The number of aromatic nitrogens is 2. The third-order valence-corrected chi connectivity index (χ3v) is 6.11. The summed E-state index contributed by atoms with van der Waals surface area (Å²) in [6.07, 6.45) is 3.69. The van der Waals surface area contributed by atoms with E-state index in [2.05, 4.69) is 34.9 Å². The molecule has 5 heteroatoms. The van der Waals surface area contributed by atoms with Crippen molar-refractivity contribution in [2.24, 2.45) is 5.92 Å². The summed E-state index contributed by atoms with van der Waals surface area (Å²) in [5.74, 6) is 2.38. The topological polar surface area (TPSA) is 47.4 Å². The summed E-state index contributed by atoms with van der Waals surface area (Å²) in [7, 11) is 1.72. The molecule has 1 aromatic heterocycles. The van der Waals surface area contributed by atoms with Gasteiger partial charge in [-0.15, -0.1) is 0 Å². The number of para-hydroxylation sites is 3. The first-order valence-corrected chi connectivity index (χ1v) is 10.9. The van der Waals surface area contributed by atoms with E-state index < -0.39 is 0 Å². The van der Waals surface area contributed by atoms with E-state index in [1.165, 1.54) is 11.1 Å². The number of fused-ring (bicyclic) bond motifs is 1. The molecule has 1 aliphatic rings. The highest BCUT2D eigenvalue weighted by Gasteiger charge is 2.27. The van der Waals surface area contributed by atoms with Crippen LogP contribution in [-0.4, -0.2) is 40.6 Å². The van der Waals surface area contributed by atoms with E-state index in [1.807, 2.05) is 36.9 Å². The van der Waals surface area contributed by atoms with E-state index in [1.54, 1.807) is 7.11 Å². The SMILES string of the molecule is COc1ccccc1CCc1nc2ccccc2n1C1CCN(C(=O)C(C)C)CC1. The third kappa shape index (κ3) is 4.07. The Labute approximate surface area is 178 Å². The highest BCUT2D eigenvalue weighted by Crippen LogP contribution is 2.30. The number of benzene rings is 2. The molecule has 0 bridgehead atoms. The molecule has 3 aromatic rings. The molecule has 30 heavy (non-hydrogen) atoms. The Morgan fingerprint density at radius 1 is 1.07 bits per heavy atom. The number of rotatable bonds is 6. The molecule has 158 valence electrons. The number of methoxy groups -OCH3 is 1. The average molecular weight is 406 g/mol. The van der Waals surface area contributed by atoms with Gasteiger partial charge in [0, 0.05) is 31.5 Å². The number of imidazole rings is 1. The molecule has 2 heterocycles. The minimum atomic E-state index is 0.0621. The maximum absolute atomic E-state index is 12.4. The van der Waals surface area contributed by atoms with E-state index in [0.717, 1.165) is 55.9 Å². The molecule has 0 saturated carbocycles. The third-order valence-electron chi connectivity index (χ3n) is 6.11. The molecule has 0 spiro atoms. The van der Waals surface area contributed by atoms with Gasteiger partial charge in [-0.05, 0) is 43.0 Å². The lowest BCUT2D eigenvalue weighted by Crippen LogP contribution is -2.41. The summed E-state index contributed by atoms with van der Waals surface area (Å²) in [6, 6.07) is 17.0. The summed E-state index contributed by atoms with van der Waals surface area (Å²) in [5.41, 5.74) is 3.45. The van der Waals surface area contributed by atoms with Crippen LogP contribution in [0.4, 0.5) is 0 Å². The van der Waals surface area contributed by atoms with Gasteiger partial charge in [-0.25, -0.2) is 4.98 Å². The van der Waals surface area contributed by atoms with Crippen molar-refractivity contribution in [2.75, 3.05) is 20.2 Å². The molecule has 0 N–H and O–H groups in total. The van der Waals surface area contributed by atoms with E-state index in [4.69, 9.17) is 9.72 Å². The Morgan fingerprint density at radius 3 is 2.50 bits per heavy atom. The summed E-state index contributed by atoms with van der Waals surface area (Å²) < 4.78 is 7.96. The maximum Gasteiger partial charge on any atom is 0.225 e. The van der Waals surface area contributed by atoms with Crippen LogP contribution < -0.4 is 4.74 Å². The number of hydrogen-bond donors (Lipinski definition) is 0. The second-order valence-electron chi connectivity index (χ2n) is 8.41. The van der Waals surface area contributed by atoms with Crippen LogP contribution in [0.15, 0.2) is 48.5 Å². The summed E-state index contributed by atoms with van der Waals surface area (Å²) in [4.78, 5) is 19.4. The number of hydrogen-bond acceptors (Lipinski definition) is 3. The summed E-state index contributed by atoms with van der Waals surface area (Å²) in [6.45, 7) is 5.60. The van der Waals surface area contributed by atoms with E-state index in [9.17, 15) is 4.79 Å². The lowest BCUT2D eigenvalue weighted by molar-refractivity contribution is -0.135. The van der Waals surface area contributed by atoms with Gasteiger partial charge in [0.05, 0.1) is 18.1 Å². The van der Waals surface area contributed by atoms with Crippen molar-refractivity contribution in [1.29, 1.82) is 0 Å². The normalized spacial score (nSPS) is 15.1. The Kier molecular flexibility index (Phi) is 6.07. The van der Waals surface area contributed by atoms with Crippen molar-refractivity contribution in [2.45, 2.75) is 45.6 Å². The van der Waals surface area contributed by atoms with Crippen molar-refractivity contribution in [3.63, 3.8) is 0 Å². The number of amides is 1. The number of carbonyl (C=O) groups excluding carboxylic acids is 1. The highest BCUT2D eigenvalue weighted by atomic mass is 16.5. The number of nitrogens with zero attached hydrogens (tertiary/aromatic N) is 3. The van der Waals surface area contributed by atoms with Crippen LogP contribution >= 0.6 is 0 Å². The van der Waals surface area contributed by atoms with Crippen molar-refractivity contribution < 1.29 is 9.53 Å². The maximum atomic E-state index is 12.4. The lowest BCUT2D eigenvalue weighted by Gasteiger charge is -2.34. The Balaban J connectivity index is 1.58. The van der Waals surface area contributed by atoms with Gasteiger partial charge in [-0.3, -0.25) is 4.79 Å². The zero-order chi connectivity index (χ0) is 21.1. The van der Waals surface area contributed by atoms with Crippen LogP contribution in [0.1, 0.15) is 44.1 Å². The zero-order valence-corrected chi connectivity index (χ0v) is 18.2. The standard InChI is InChI=1S/C25H31N3O2/c1-18(2)25(29)27-16-14-20(15-17-27)28-22-10-6-5-9-21(22)26-24(28)13-12-19-8-4-7-11-23(19)30-3/h4-11,18,20H,12-17H2,1-3H3. The van der Waals surface area contributed by atoms with Crippen LogP contribution in [0.25, 0.3) is 11.0 Å². The summed E-state index contributed by atoms with van der Waals surface area (Å²) in [5, 5.41) is 0. The number of likely N-dealkylation sites (tertiary alicyclic amines) is 1. The molecule has 5 nitrogen and oxygen atoms in total. The molecule has 0 aliphatic carbocycles. The first-order chi connectivity index (χ1) is 14.6. The fourth-order valence-electron chi connectivity index (χ4n) is 4.54. The predicted molar refractivity (Wildman–Crippen MR) is 120 cm³/mol. The fourth-order valence-corrected chi connectivity index (χ4v) is 4.54. The van der Waals surface area contributed by atoms with Gasteiger partial charge >= 0.3 is 0 Å². The molecule has 1 saturated heterocycles. The molecule has 0 radical (unpaired) electrons. The largest absolute Gasteiger partial charge is 0.496 e. The van der Waals surface area contributed by atoms with Crippen LogP contribution in [-0.2, 0) is 17.6 Å². The van der Waals surface area contributed by atoms with Crippen LogP contribution in [0.5, 0.6) is 5.75 Å². The smallest absolute Gasteiger partial charge is 0.225 e. The second-order valence-corrected chi connectivity index (χ2v) is 8.41. The van der Waals surface area contributed by atoms with Crippen molar-refractivity contribution in [3.05, 3.63) is 59.9 Å². The Hall–Kier alpha value is -2.82. The van der Waals surface area contributed by atoms with E-state index >= 15 is 0 Å². The molecule has 1 fully saturated rings. The van der Waals surface area contributed by atoms with Crippen LogP contribution in [0.3, 0.4) is 0 Å². The minimum Gasteiger partial charge on any atom is -0.496 e. The van der Waals surface area contributed by atoms with Gasteiger partial charge in [0.25, 0.3) is 0 Å². The molecular weight excluding hydrogens is 374 g/mol. The number of carbonyl (C=O) groups is 1. The van der Waals surface area contributed by atoms with Crippen molar-refractivity contribution in [1.82, 2.24) is 14.5 Å². The molecule has 4 rings (SSSR count). The van der Waals surface area contributed by atoms with Crippen LogP contribution in [0, 0.1) is 5.92 Å². The van der Waals surface area contributed by atoms with Crippen molar-refractivity contribution >= 4 is 16.9 Å². The van der Waals surface area contributed by atoms with Gasteiger partial charge < -0.3 is 14.2 Å². The predicted octanol–water partition coefficient (Wildman–Crippen LogP) is 4.65. The molecular formula is C25H31N3O2.